The van der Waals surface area contributed by atoms with Crippen LogP contribution >= 0.6 is 0 Å². The van der Waals surface area contributed by atoms with Crippen LogP contribution in [0.4, 0.5) is 0 Å². The van der Waals surface area contributed by atoms with Gasteiger partial charge in [0.25, 0.3) is 0 Å². The molecule has 19 heavy (non-hydrogen) atoms. The van der Waals surface area contributed by atoms with E-state index < -0.39 is 5.97 Å². The Labute approximate surface area is 115 Å². The third kappa shape index (κ3) is 2.40. The maximum Gasteiger partial charge on any atom is 0.321 e. The quantitative estimate of drug-likeness (QED) is 0.851. The van der Waals surface area contributed by atoms with Gasteiger partial charge >= 0.3 is 5.97 Å². The summed E-state index contributed by atoms with van der Waals surface area (Å²) in [5.74, 6) is 0.429. The van der Waals surface area contributed by atoms with E-state index in [0.717, 1.165) is 38.8 Å². The molecule has 0 aromatic heterocycles. The number of fused-ring (bicyclic) bond motifs is 1. The number of rotatable bonds is 3. The monoisotopic (exact) mass is 267 g/mol. The predicted octanol–water partition coefficient (Wildman–Crippen LogP) is 2.13. The van der Waals surface area contributed by atoms with E-state index >= 15 is 0 Å². The smallest absolute Gasteiger partial charge is 0.321 e. The van der Waals surface area contributed by atoms with Crippen molar-refractivity contribution in [2.24, 2.45) is 11.8 Å². The number of hydrogen-bond donors (Lipinski definition) is 1. The molecule has 108 valence electrons. The average molecular weight is 267 g/mol. The number of nitrogens with zero attached hydrogens (tertiary/aromatic N) is 1. The summed E-state index contributed by atoms with van der Waals surface area (Å²) in [7, 11) is 0. The zero-order chi connectivity index (χ0) is 13.4. The van der Waals surface area contributed by atoms with E-state index in [2.05, 4.69) is 11.8 Å². The normalized spacial score (nSPS) is 43.3. The second kappa shape index (κ2) is 5.41. The number of hydrogen-bond acceptors (Lipinski definition) is 3. The number of likely N-dealkylation sites (tertiary alicyclic amines) is 1. The van der Waals surface area contributed by atoms with Gasteiger partial charge in [-0.05, 0) is 43.9 Å². The Morgan fingerprint density at radius 2 is 2.21 bits per heavy atom. The minimum absolute atomic E-state index is 0.229. The van der Waals surface area contributed by atoms with Crippen LogP contribution in [0.5, 0.6) is 0 Å². The molecular formula is C15H25NO3. The van der Waals surface area contributed by atoms with Crippen molar-refractivity contribution in [1.29, 1.82) is 0 Å². The van der Waals surface area contributed by atoms with Crippen molar-refractivity contribution in [1.82, 2.24) is 4.90 Å². The van der Waals surface area contributed by atoms with Crippen LogP contribution < -0.4 is 0 Å². The van der Waals surface area contributed by atoms with E-state index in [-0.39, 0.29) is 6.04 Å². The maximum absolute atomic E-state index is 11.7. The first-order chi connectivity index (χ1) is 9.20. The van der Waals surface area contributed by atoms with Gasteiger partial charge in [-0.1, -0.05) is 13.3 Å². The molecule has 0 spiro atoms. The Balaban J connectivity index is 1.74. The van der Waals surface area contributed by atoms with E-state index in [1.54, 1.807) is 0 Å². The SMILES string of the molecule is CCC1CC(N2CC3CCCC3C2C(=O)O)CCO1. The van der Waals surface area contributed by atoms with Crippen molar-refractivity contribution in [2.45, 2.75) is 63.6 Å². The van der Waals surface area contributed by atoms with Crippen molar-refractivity contribution in [2.75, 3.05) is 13.2 Å². The lowest BCUT2D eigenvalue weighted by Crippen LogP contribution is -2.49. The summed E-state index contributed by atoms with van der Waals surface area (Å²) < 4.78 is 5.73. The summed E-state index contributed by atoms with van der Waals surface area (Å²) in [6.07, 6.45) is 6.94. The zero-order valence-electron chi connectivity index (χ0n) is 11.8. The summed E-state index contributed by atoms with van der Waals surface area (Å²) in [5, 5.41) is 9.61. The molecule has 5 atom stereocenters. The van der Waals surface area contributed by atoms with Gasteiger partial charge in [0.05, 0.1) is 6.10 Å². The highest BCUT2D eigenvalue weighted by atomic mass is 16.5. The number of aliphatic carboxylic acids is 1. The van der Waals surface area contributed by atoms with Crippen LogP contribution in [0.15, 0.2) is 0 Å². The standard InChI is InChI=1S/C15H25NO3/c1-2-12-8-11(6-7-19-12)16-9-10-4-3-5-13(10)14(16)15(17)18/h10-14H,2-9H2,1H3,(H,17,18). The third-order valence-corrected chi connectivity index (χ3v) is 5.44. The first-order valence-corrected chi connectivity index (χ1v) is 7.80. The molecule has 1 N–H and O–H groups in total. The number of ether oxygens (including phenoxy) is 1. The molecule has 0 radical (unpaired) electrons. The van der Waals surface area contributed by atoms with Gasteiger partial charge in [-0.3, -0.25) is 9.69 Å². The lowest BCUT2D eigenvalue weighted by atomic mass is 9.93. The molecule has 0 bridgehead atoms. The molecule has 2 saturated heterocycles. The highest BCUT2D eigenvalue weighted by molar-refractivity contribution is 5.74. The molecule has 4 nitrogen and oxygen atoms in total. The average Bonchev–Trinajstić information content (AvgIpc) is 2.98. The van der Waals surface area contributed by atoms with Crippen LogP contribution in [0.3, 0.4) is 0 Å². The van der Waals surface area contributed by atoms with Crippen LogP contribution in [-0.2, 0) is 9.53 Å². The van der Waals surface area contributed by atoms with Gasteiger partial charge in [0, 0.05) is 19.2 Å². The van der Waals surface area contributed by atoms with Gasteiger partial charge in [-0.15, -0.1) is 0 Å². The molecule has 4 heteroatoms. The minimum Gasteiger partial charge on any atom is -0.480 e. The van der Waals surface area contributed by atoms with E-state index in [9.17, 15) is 9.90 Å². The topological polar surface area (TPSA) is 49.8 Å². The molecule has 5 unspecified atom stereocenters. The Hall–Kier alpha value is -0.610. The third-order valence-electron chi connectivity index (χ3n) is 5.44. The van der Waals surface area contributed by atoms with Gasteiger partial charge in [-0.2, -0.15) is 0 Å². The van der Waals surface area contributed by atoms with Crippen LogP contribution in [-0.4, -0.2) is 47.3 Å². The fourth-order valence-electron chi connectivity index (χ4n) is 4.49. The van der Waals surface area contributed by atoms with Crippen molar-refractivity contribution in [3.63, 3.8) is 0 Å². The Bertz CT molecular complexity index is 346. The van der Waals surface area contributed by atoms with E-state index in [0.29, 0.717) is 24.0 Å². The lowest BCUT2D eigenvalue weighted by Gasteiger charge is -2.38. The summed E-state index contributed by atoms with van der Waals surface area (Å²) in [6, 6.07) is 0.193. The highest BCUT2D eigenvalue weighted by Crippen LogP contribution is 2.44. The summed E-state index contributed by atoms with van der Waals surface area (Å²) in [6.45, 7) is 3.95. The molecule has 1 aliphatic carbocycles. The van der Waals surface area contributed by atoms with Gasteiger partial charge in [0.15, 0.2) is 0 Å². The van der Waals surface area contributed by atoms with Gasteiger partial charge < -0.3 is 9.84 Å². The molecule has 3 fully saturated rings. The van der Waals surface area contributed by atoms with Crippen LogP contribution in [0.2, 0.25) is 0 Å². The highest BCUT2D eigenvalue weighted by Gasteiger charge is 2.50. The fraction of sp³-hybridized carbons (Fsp3) is 0.933. The molecular weight excluding hydrogens is 242 g/mol. The van der Waals surface area contributed by atoms with Crippen molar-refractivity contribution in [3.8, 4) is 0 Å². The molecule has 0 amide bonds. The molecule has 3 rings (SSSR count). The van der Waals surface area contributed by atoms with E-state index in [1.165, 1.54) is 12.8 Å². The lowest BCUT2D eigenvalue weighted by molar-refractivity contribution is -0.145. The van der Waals surface area contributed by atoms with Crippen LogP contribution in [0, 0.1) is 11.8 Å². The predicted molar refractivity (Wildman–Crippen MR) is 72.0 cm³/mol. The zero-order valence-corrected chi connectivity index (χ0v) is 11.8. The molecule has 2 heterocycles. The Morgan fingerprint density at radius 3 is 2.95 bits per heavy atom. The van der Waals surface area contributed by atoms with Gasteiger partial charge in [0.2, 0.25) is 0 Å². The van der Waals surface area contributed by atoms with Crippen LogP contribution in [0.25, 0.3) is 0 Å². The first kappa shape index (κ1) is 13.4. The van der Waals surface area contributed by atoms with Crippen molar-refractivity contribution < 1.29 is 14.6 Å². The van der Waals surface area contributed by atoms with Gasteiger partial charge in [-0.25, -0.2) is 0 Å². The van der Waals surface area contributed by atoms with Crippen molar-refractivity contribution >= 4 is 5.97 Å². The second-order valence-electron chi connectivity index (χ2n) is 6.41. The van der Waals surface area contributed by atoms with E-state index in [1.807, 2.05) is 0 Å². The van der Waals surface area contributed by atoms with Crippen molar-refractivity contribution in [3.05, 3.63) is 0 Å². The van der Waals surface area contributed by atoms with Crippen LogP contribution in [0.1, 0.15) is 45.4 Å². The molecule has 0 aromatic rings. The Kier molecular flexibility index (Phi) is 3.81. The molecule has 0 aromatic carbocycles. The Morgan fingerprint density at radius 1 is 1.37 bits per heavy atom. The minimum atomic E-state index is -0.603. The second-order valence-corrected chi connectivity index (χ2v) is 6.41. The fourth-order valence-corrected chi connectivity index (χ4v) is 4.49. The number of carboxylic acid groups (broad SMARTS) is 1. The molecule has 1 saturated carbocycles. The molecule has 2 aliphatic heterocycles. The first-order valence-electron chi connectivity index (χ1n) is 7.80. The van der Waals surface area contributed by atoms with E-state index in [4.69, 9.17) is 4.74 Å². The largest absolute Gasteiger partial charge is 0.480 e. The summed E-state index contributed by atoms with van der Waals surface area (Å²) in [4.78, 5) is 14.0. The maximum atomic E-state index is 11.7. The van der Waals surface area contributed by atoms with Gasteiger partial charge in [0.1, 0.15) is 6.04 Å². The number of carbonyl (C=O) groups is 1. The summed E-state index contributed by atoms with van der Waals surface area (Å²) in [5.41, 5.74) is 0. The number of carboxylic acids is 1. The summed E-state index contributed by atoms with van der Waals surface area (Å²) >= 11 is 0. The molecule has 3 aliphatic rings.